The highest BCUT2D eigenvalue weighted by Gasteiger charge is 2.50. The van der Waals surface area contributed by atoms with Gasteiger partial charge in [-0.25, -0.2) is 4.99 Å². The third-order valence-corrected chi connectivity index (χ3v) is 7.30. The largest absolute Gasteiger partial charge is 0.486 e. The van der Waals surface area contributed by atoms with E-state index in [0.717, 1.165) is 24.8 Å². The minimum Gasteiger partial charge on any atom is -0.486 e. The Hall–Kier alpha value is -4.33. The van der Waals surface area contributed by atoms with Crippen LogP contribution in [0.25, 0.3) is 11.1 Å². The van der Waals surface area contributed by atoms with E-state index in [0.29, 0.717) is 34.4 Å². The van der Waals surface area contributed by atoms with Crippen molar-refractivity contribution in [3.63, 3.8) is 0 Å². The number of ether oxygens (including phenoxy) is 1. The van der Waals surface area contributed by atoms with Crippen LogP contribution < -0.4 is 10.5 Å². The molecule has 37 heavy (non-hydrogen) atoms. The summed E-state index contributed by atoms with van der Waals surface area (Å²) in [5, 5.41) is 31.1. The molecule has 3 aromatic carbocycles. The van der Waals surface area contributed by atoms with Gasteiger partial charge in [-0.2, -0.15) is 10.5 Å². The molecule has 1 aliphatic heterocycles. The molecule has 1 heterocycles. The maximum Gasteiger partial charge on any atom is 0.193 e. The van der Waals surface area contributed by atoms with Crippen LogP contribution >= 0.6 is 0 Å². The average Bonchev–Trinajstić information content (AvgIpc) is 3.06. The smallest absolute Gasteiger partial charge is 0.193 e. The molecule has 0 bridgehead atoms. The summed E-state index contributed by atoms with van der Waals surface area (Å²) in [5.41, 5.74) is 9.27. The van der Waals surface area contributed by atoms with E-state index in [9.17, 15) is 15.6 Å². The molecule has 1 aliphatic carbocycles. The van der Waals surface area contributed by atoms with Gasteiger partial charge in [-0.15, -0.1) is 0 Å². The van der Waals surface area contributed by atoms with Crippen molar-refractivity contribution in [2.75, 3.05) is 14.1 Å². The van der Waals surface area contributed by atoms with Crippen molar-refractivity contribution in [1.82, 2.24) is 4.90 Å². The lowest BCUT2D eigenvalue weighted by atomic mass is 9.78. The minimum atomic E-state index is -1.62. The fraction of sp³-hybridized carbons (Fsp3) is 0.300. The Labute approximate surface area is 217 Å². The average molecular weight is 492 g/mol. The lowest BCUT2D eigenvalue weighted by molar-refractivity contribution is -0.0783. The molecule has 2 atom stereocenters. The number of aliphatic imine (C=N–C) groups is 1. The van der Waals surface area contributed by atoms with Gasteiger partial charge in [-0.1, -0.05) is 30.3 Å². The molecule has 7 nitrogen and oxygen atoms in total. The number of guanidine groups is 1. The van der Waals surface area contributed by atoms with Gasteiger partial charge in [0, 0.05) is 32.5 Å². The molecule has 3 N–H and O–H groups in total. The van der Waals surface area contributed by atoms with E-state index in [-0.39, 0.29) is 12.4 Å². The Balaban J connectivity index is 1.65. The molecule has 1 spiro atoms. The van der Waals surface area contributed by atoms with Crippen LogP contribution in [-0.2, 0) is 18.6 Å². The van der Waals surface area contributed by atoms with Crippen LogP contribution in [0, 0.1) is 22.7 Å². The van der Waals surface area contributed by atoms with Crippen LogP contribution in [0.4, 0.5) is 0 Å². The minimum absolute atomic E-state index is 0.211. The van der Waals surface area contributed by atoms with E-state index in [1.165, 1.54) is 11.1 Å². The number of rotatable bonds is 2. The number of fused-ring (bicyclic) bond motifs is 2. The van der Waals surface area contributed by atoms with Crippen molar-refractivity contribution in [2.45, 2.75) is 43.4 Å². The normalized spacial score (nSPS) is 22.6. The van der Waals surface area contributed by atoms with Crippen molar-refractivity contribution >= 4 is 5.96 Å². The van der Waals surface area contributed by atoms with E-state index in [2.05, 4.69) is 35.3 Å². The van der Waals surface area contributed by atoms with Crippen molar-refractivity contribution in [1.29, 1.82) is 10.5 Å². The maximum atomic E-state index is 12.2. The molecule has 0 amide bonds. The molecule has 3 aromatic rings. The van der Waals surface area contributed by atoms with Gasteiger partial charge < -0.3 is 20.5 Å². The number of aliphatic hydroxyl groups is 1. The number of nitriles is 2. The van der Waals surface area contributed by atoms with Crippen LogP contribution in [0.1, 0.15) is 47.1 Å². The molecule has 0 aromatic heterocycles. The monoisotopic (exact) mass is 491 g/mol. The van der Waals surface area contributed by atoms with Gasteiger partial charge in [-0.05, 0) is 71.8 Å². The van der Waals surface area contributed by atoms with Gasteiger partial charge in [0.25, 0.3) is 0 Å². The third kappa shape index (κ3) is 4.62. The Morgan fingerprint density at radius 3 is 2.38 bits per heavy atom. The number of hydrogen-bond donors (Lipinski definition) is 2. The van der Waals surface area contributed by atoms with Crippen molar-refractivity contribution < 1.29 is 9.84 Å². The summed E-state index contributed by atoms with van der Waals surface area (Å²) in [6.07, 6.45) is 3.59. The molecule has 0 radical (unpaired) electrons. The third-order valence-electron chi connectivity index (χ3n) is 7.30. The zero-order valence-electron chi connectivity index (χ0n) is 21.0. The SMILES string of the molecule is CN(C)C(N)=NC1(O)CC2(CCCc3ccccc3C2)Oc2ccc(-c3cc(C#N)cc(C#N)c3)cc21. The Morgan fingerprint density at radius 1 is 1.00 bits per heavy atom. The summed E-state index contributed by atoms with van der Waals surface area (Å²) in [4.78, 5) is 6.31. The molecule has 2 aliphatic rings. The second-order valence-electron chi connectivity index (χ2n) is 10.2. The van der Waals surface area contributed by atoms with E-state index < -0.39 is 11.3 Å². The fourth-order valence-corrected chi connectivity index (χ4v) is 5.49. The molecule has 186 valence electrons. The van der Waals surface area contributed by atoms with E-state index in [1.54, 1.807) is 37.2 Å². The highest BCUT2D eigenvalue weighted by Crippen LogP contribution is 2.49. The van der Waals surface area contributed by atoms with Crippen LogP contribution in [0.3, 0.4) is 0 Å². The number of benzene rings is 3. The summed E-state index contributed by atoms with van der Waals surface area (Å²) in [6.45, 7) is 0. The fourth-order valence-electron chi connectivity index (χ4n) is 5.49. The highest BCUT2D eigenvalue weighted by molar-refractivity contribution is 5.78. The molecular weight excluding hydrogens is 462 g/mol. The number of hydrogen-bond acceptors (Lipinski definition) is 5. The summed E-state index contributed by atoms with van der Waals surface area (Å²) < 4.78 is 6.73. The van der Waals surface area contributed by atoms with Gasteiger partial charge in [0.05, 0.1) is 23.3 Å². The molecular formula is C30H29N5O2. The Morgan fingerprint density at radius 2 is 1.70 bits per heavy atom. The summed E-state index contributed by atoms with van der Waals surface area (Å²) in [7, 11) is 3.57. The predicted molar refractivity (Wildman–Crippen MR) is 142 cm³/mol. The molecule has 7 heteroatoms. The first kappa shape index (κ1) is 24.4. The quantitative estimate of drug-likeness (QED) is 0.409. The first-order chi connectivity index (χ1) is 17.7. The van der Waals surface area contributed by atoms with Gasteiger partial charge in [0.15, 0.2) is 11.7 Å². The molecule has 0 saturated carbocycles. The van der Waals surface area contributed by atoms with Crippen LogP contribution in [-0.4, -0.2) is 35.7 Å². The van der Waals surface area contributed by atoms with Crippen LogP contribution in [0.15, 0.2) is 65.7 Å². The van der Waals surface area contributed by atoms with E-state index in [1.807, 2.05) is 24.3 Å². The van der Waals surface area contributed by atoms with Crippen molar-refractivity contribution in [3.8, 4) is 29.0 Å². The zero-order valence-corrected chi connectivity index (χ0v) is 21.0. The standard InChI is InChI=1S/C30H29N5O2/c1-35(2)28(33)34-30(36)19-29(11-5-8-22-6-3-4-7-24(22)16-29)37-27-10-9-23(15-26(27)30)25-13-20(17-31)12-21(14-25)18-32/h3-4,6-7,9-10,12-15,36H,5,8,11,16,19H2,1-2H3,(H2,33,34). The first-order valence-electron chi connectivity index (χ1n) is 12.4. The van der Waals surface area contributed by atoms with Gasteiger partial charge in [0.2, 0.25) is 0 Å². The predicted octanol–water partition coefficient (Wildman–Crippen LogP) is 4.22. The van der Waals surface area contributed by atoms with E-state index in [4.69, 9.17) is 10.5 Å². The lowest BCUT2D eigenvalue weighted by Gasteiger charge is -2.45. The second-order valence-corrected chi connectivity index (χ2v) is 10.2. The number of nitrogens with two attached hydrogens (primary N) is 1. The maximum absolute atomic E-state index is 12.2. The summed E-state index contributed by atoms with van der Waals surface area (Å²) >= 11 is 0. The van der Waals surface area contributed by atoms with Gasteiger partial charge in [0.1, 0.15) is 11.4 Å². The topological polar surface area (TPSA) is 119 Å². The Bertz CT molecular complexity index is 1450. The molecule has 2 unspecified atom stereocenters. The Kier molecular flexibility index (Phi) is 6.11. The van der Waals surface area contributed by atoms with Crippen LogP contribution in [0.2, 0.25) is 0 Å². The zero-order chi connectivity index (χ0) is 26.2. The molecule has 0 fully saturated rings. The first-order valence-corrected chi connectivity index (χ1v) is 12.4. The number of nitrogens with zero attached hydrogens (tertiary/aromatic N) is 4. The molecule has 5 rings (SSSR count). The summed E-state index contributed by atoms with van der Waals surface area (Å²) in [6, 6.07) is 23.2. The van der Waals surface area contributed by atoms with E-state index >= 15 is 0 Å². The van der Waals surface area contributed by atoms with Gasteiger partial charge >= 0.3 is 0 Å². The summed E-state index contributed by atoms with van der Waals surface area (Å²) in [5.74, 6) is 0.771. The second kappa shape index (κ2) is 9.28. The van der Waals surface area contributed by atoms with Crippen LogP contribution in [0.5, 0.6) is 5.75 Å². The van der Waals surface area contributed by atoms with Gasteiger partial charge in [-0.3, -0.25) is 0 Å². The highest BCUT2D eigenvalue weighted by atomic mass is 16.5. The number of aryl methyl sites for hydroxylation is 1. The lowest BCUT2D eigenvalue weighted by Crippen LogP contribution is -2.50. The van der Waals surface area contributed by atoms with Crippen molar-refractivity contribution in [2.24, 2.45) is 10.7 Å². The van der Waals surface area contributed by atoms with Crippen molar-refractivity contribution in [3.05, 3.63) is 88.5 Å². The molecule has 0 saturated heterocycles.